The molecule has 0 heterocycles. The zero-order valence-electron chi connectivity index (χ0n) is 19.3. The lowest BCUT2D eigenvalue weighted by Gasteiger charge is -2.34. The molecule has 3 aromatic carbocycles. The largest absolute Gasteiger partial charge is 0.466 e. The zero-order chi connectivity index (χ0) is 25.2. The van der Waals surface area contributed by atoms with Crippen LogP contribution in [0.25, 0.3) is 0 Å². The fourth-order valence-electron chi connectivity index (χ4n) is 3.81. The van der Waals surface area contributed by atoms with Gasteiger partial charge in [0.2, 0.25) is 10.0 Å². The van der Waals surface area contributed by atoms with Gasteiger partial charge in [-0.1, -0.05) is 97.1 Å². The van der Waals surface area contributed by atoms with Crippen molar-refractivity contribution in [2.75, 3.05) is 12.9 Å². The number of benzene rings is 3. The second kappa shape index (κ2) is 12.0. The highest BCUT2D eigenvalue weighted by Crippen LogP contribution is 2.37. The van der Waals surface area contributed by atoms with Crippen molar-refractivity contribution in [3.8, 4) is 0 Å². The summed E-state index contributed by atoms with van der Waals surface area (Å²) in [7, 11) is -2.90. The maximum Gasteiger partial charge on any atom is 0.421 e. The van der Waals surface area contributed by atoms with E-state index in [9.17, 15) is 18.0 Å². The summed E-state index contributed by atoms with van der Waals surface area (Å²) in [5, 5.41) is 0. The number of hydrogen-bond donors (Lipinski definition) is 1. The van der Waals surface area contributed by atoms with E-state index in [0.717, 1.165) is 5.56 Å². The number of hydrogen-bond acceptors (Lipinski definition) is 6. The Bertz CT molecular complexity index is 1200. The van der Waals surface area contributed by atoms with Crippen LogP contribution in [0.2, 0.25) is 0 Å². The normalized spacial score (nSPS) is 11.7. The van der Waals surface area contributed by atoms with Gasteiger partial charge in [-0.2, -0.15) is 0 Å². The van der Waals surface area contributed by atoms with Crippen molar-refractivity contribution in [1.29, 1.82) is 0 Å². The SMILES string of the molecule is COC(=O)/C=C/CC(CS(=O)(=O)NC(=O)OCc1ccccc1)(c1ccccc1)c1ccccc1. The van der Waals surface area contributed by atoms with E-state index in [4.69, 9.17) is 4.74 Å². The van der Waals surface area contributed by atoms with E-state index in [1.165, 1.54) is 13.2 Å². The van der Waals surface area contributed by atoms with Crippen LogP contribution in [0.3, 0.4) is 0 Å². The standard InChI is InChI=1S/C27H27NO6S/c1-33-25(29)18-11-19-27(23-14-7-3-8-15-23,24-16-9-4-10-17-24)21-35(31,32)28-26(30)34-20-22-12-5-2-6-13-22/h2-18H,19-21H2,1H3,(H,28,30)/b18-11+. The minimum atomic E-state index is -4.17. The average molecular weight is 494 g/mol. The molecular formula is C27H27NO6S. The first-order valence-electron chi connectivity index (χ1n) is 10.9. The summed E-state index contributed by atoms with van der Waals surface area (Å²) in [5.41, 5.74) is 1.06. The monoisotopic (exact) mass is 493 g/mol. The second-order valence-electron chi connectivity index (χ2n) is 7.87. The number of carbonyl (C=O) groups excluding carboxylic acids is 2. The van der Waals surface area contributed by atoms with Crippen molar-refractivity contribution < 1.29 is 27.5 Å². The van der Waals surface area contributed by atoms with Crippen molar-refractivity contribution >= 4 is 22.1 Å². The van der Waals surface area contributed by atoms with Crippen LogP contribution in [0.4, 0.5) is 4.79 Å². The van der Waals surface area contributed by atoms with Gasteiger partial charge >= 0.3 is 12.1 Å². The predicted octanol–water partition coefficient (Wildman–Crippen LogP) is 4.35. The molecule has 0 unspecified atom stereocenters. The van der Waals surface area contributed by atoms with Crippen LogP contribution in [-0.4, -0.2) is 33.3 Å². The van der Waals surface area contributed by atoms with Crippen molar-refractivity contribution in [1.82, 2.24) is 4.72 Å². The Hall–Kier alpha value is -3.91. The molecule has 0 bridgehead atoms. The van der Waals surface area contributed by atoms with E-state index < -0.39 is 33.3 Å². The number of esters is 1. The van der Waals surface area contributed by atoms with Gasteiger partial charge in [0.15, 0.2) is 0 Å². The number of nitrogens with one attached hydrogen (secondary N) is 1. The smallest absolute Gasteiger partial charge is 0.421 e. The van der Waals surface area contributed by atoms with Crippen LogP contribution >= 0.6 is 0 Å². The van der Waals surface area contributed by atoms with Crippen LogP contribution in [0.5, 0.6) is 0 Å². The third-order valence-corrected chi connectivity index (χ3v) is 6.81. The Morgan fingerprint density at radius 1 is 0.857 bits per heavy atom. The zero-order valence-corrected chi connectivity index (χ0v) is 20.1. The highest BCUT2D eigenvalue weighted by molar-refractivity contribution is 7.90. The van der Waals surface area contributed by atoms with Crippen LogP contribution in [0, 0.1) is 0 Å². The highest BCUT2D eigenvalue weighted by atomic mass is 32.2. The molecule has 0 aliphatic carbocycles. The fraction of sp³-hybridized carbons (Fsp3) is 0.185. The van der Waals surface area contributed by atoms with Crippen LogP contribution in [-0.2, 0) is 36.3 Å². The quantitative estimate of drug-likeness (QED) is 0.333. The molecule has 1 N–H and O–H groups in total. The molecule has 7 nitrogen and oxygen atoms in total. The minimum Gasteiger partial charge on any atom is -0.466 e. The summed E-state index contributed by atoms with van der Waals surface area (Å²) in [6, 6.07) is 27.1. The van der Waals surface area contributed by atoms with Gasteiger partial charge in [0.25, 0.3) is 0 Å². The van der Waals surface area contributed by atoms with Gasteiger partial charge in [0.1, 0.15) is 6.61 Å². The maximum atomic E-state index is 13.2. The van der Waals surface area contributed by atoms with E-state index in [2.05, 4.69) is 4.74 Å². The van der Waals surface area contributed by atoms with E-state index in [0.29, 0.717) is 11.1 Å². The van der Waals surface area contributed by atoms with Gasteiger partial charge in [-0.15, -0.1) is 0 Å². The van der Waals surface area contributed by atoms with Crippen LogP contribution in [0.1, 0.15) is 23.1 Å². The van der Waals surface area contributed by atoms with Gasteiger partial charge in [-0.25, -0.2) is 22.7 Å². The molecule has 0 spiro atoms. The first-order chi connectivity index (χ1) is 16.8. The number of ether oxygens (including phenoxy) is 2. The number of allylic oxidation sites excluding steroid dienone is 1. The topological polar surface area (TPSA) is 98.8 Å². The Kier molecular flexibility index (Phi) is 8.80. The summed E-state index contributed by atoms with van der Waals surface area (Å²) in [6.07, 6.45) is 1.94. The molecule has 0 aliphatic heterocycles. The van der Waals surface area contributed by atoms with E-state index >= 15 is 0 Å². The lowest BCUT2D eigenvalue weighted by atomic mass is 9.73. The lowest BCUT2D eigenvalue weighted by molar-refractivity contribution is -0.134. The molecular weight excluding hydrogens is 466 g/mol. The van der Waals surface area contributed by atoms with Gasteiger partial charge in [-0.3, -0.25) is 0 Å². The third-order valence-electron chi connectivity index (χ3n) is 5.46. The van der Waals surface area contributed by atoms with Gasteiger partial charge < -0.3 is 9.47 Å². The first-order valence-corrected chi connectivity index (χ1v) is 12.6. The first kappa shape index (κ1) is 25.7. The number of methoxy groups -OCH3 is 1. The highest BCUT2D eigenvalue weighted by Gasteiger charge is 2.39. The Balaban J connectivity index is 1.92. The van der Waals surface area contributed by atoms with Crippen LogP contribution < -0.4 is 4.72 Å². The molecule has 182 valence electrons. The minimum absolute atomic E-state index is 0.0629. The number of sulfonamides is 1. The van der Waals surface area contributed by atoms with Crippen molar-refractivity contribution in [3.05, 3.63) is 120 Å². The van der Waals surface area contributed by atoms with Crippen LogP contribution in [0.15, 0.2) is 103 Å². The Morgan fingerprint density at radius 3 is 1.89 bits per heavy atom. The van der Waals surface area contributed by atoms with Gasteiger partial charge in [-0.05, 0) is 23.1 Å². The summed E-state index contributed by atoms with van der Waals surface area (Å²) in [5.74, 6) is -1.01. The summed E-state index contributed by atoms with van der Waals surface area (Å²) in [4.78, 5) is 24.0. The molecule has 3 rings (SSSR count). The molecule has 0 radical (unpaired) electrons. The fourth-order valence-corrected chi connectivity index (χ4v) is 5.29. The van der Waals surface area contributed by atoms with E-state index in [-0.39, 0.29) is 13.0 Å². The second-order valence-corrected chi connectivity index (χ2v) is 9.59. The number of carbonyl (C=O) groups is 2. The molecule has 3 aromatic rings. The Morgan fingerprint density at radius 2 is 1.37 bits per heavy atom. The van der Waals surface area contributed by atoms with Crippen molar-refractivity contribution in [2.45, 2.75) is 18.4 Å². The van der Waals surface area contributed by atoms with E-state index in [1.807, 2.05) is 71.5 Å². The maximum absolute atomic E-state index is 13.2. The van der Waals surface area contributed by atoms with Crippen molar-refractivity contribution in [2.24, 2.45) is 0 Å². The summed E-state index contributed by atoms with van der Waals surface area (Å²) >= 11 is 0. The molecule has 0 saturated heterocycles. The van der Waals surface area contributed by atoms with Crippen molar-refractivity contribution in [3.63, 3.8) is 0 Å². The predicted molar refractivity (Wildman–Crippen MR) is 133 cm³/mol. The lowest BCUT2D eigenvalue weighted by Crippen LogP contribution is -2.42. The molecule has 0 fully saturated rings. The molecule has 0 atom stereocenters. The molecule has 35 heavy (non-hydrogen) atoms. The van der Waals surface area contributed by atoms with Gasteiger partial charge in [0, 0.05) is 11.5 Å². The van der Waals surface area contributed by atoms with E-state index in [1.54, 1.807) is 30.3 Å². The molecule has 8 heteroatoms. The average Bonchev–Trinajstić information content (AvgIpc) is 2.88. The molecule has 0 aliphatic rings. The Labute approximate surface area is 205 Å². The summed E-state index contributed by atoms with van der Waals surface area (Å²) < 4.78 is 38.3. The number of amides is 1. The molecule has 0 saturated carbocycles. The third kappa shape index (κ3) is 7.28. The number of rotatable bonds is 10. The van der Waals surface area contributed by atoms with Gasteiger partial charge in [0.05, 0.1) is 12.9 Å². The molecule has 0 aromatic heterocycles. The molecule has 1 amide bonds. The summed E-state index contributed by atoms with van der Waals surface area (Å²) in [6.45, 7) is -0.0629.